The normalized spacial score (nSPS) is 19.7. The average Bonchev–Trinajstić information content (AvgIpc) is 3.15. The highest BCUT2D eigenvalue weighted by molar-refractivity contribution is 7.91. The minimum atomic E-state index is -2.84. The van der Waals surface area contributed by atoms with E-state index in [0.717, 1.165) is 17.9 Å². The zero-order valence-electron chi connectivity index (χ0n) is 12.9. The van der Waals surface area contributed by atoms with Crippen molar-refractivity contribution in [2.75, 3.05) is 18.1 Å². The Morgan fingerprint density at radius 1 is 1.39 bits per heavy atom. The van der Waals surface area contributed by atoms with Crippen molar-refractivity contribution in [1.82, 2.24) is 14.9 Å². The van der Waals surface area contributed by atoms with Gasteiger partial charge in [0.15, 0.2) is 9.84 Å². The molecule has 1 saturated heterocycles. The lowest BCUT2D eigenvalue weighted by Crippen LogP contribution is -2.29. The van der Waals surface area contributed by atoms with E-state index in [1.54, 1.807) is 12.5 Å². The Labute approximate surface area is 136 Å². The number of sulfone groups is 1. The zero-order chi connectivity index (χ0) is 16.1. The Morgan fingerprint density at radius 3 is 3.04 bits per heavy atom. The number of ether oxygens (including phenoxy) is 1. The van der Waals surface area contributed by atoms with Crippen LogP contribution < -0.4 is 10.1 Å². The van der Waals surface area contributed by atoms with Gasteiger partial charge in [-0.05, 0) is 24.1 Å². The molecular formula is C16H21N3O3S. The first-order valence-corrected chi connectivity index (χ1v) is 9.54. The van der Waals surface area contributed by atoms with Crippen molar-refractivity contribution in [2.24, 2.45) is 0 Å². The van der Waals surface area contributed by atoms with E-state index in [1.807, 2.05) is 35.0 Å². The molecule has 1 aliphatic rings. The van der Waals surface area contributed by atoms with E-state index in [-0.39, 0.29) is 11.8 Å². The van der Waals surface area contributed by atoms with Gasteiger partial charge < -0.3 is 14.6 Å². The van der Waals surface area contributed by atoms with Crippen LogP contribution in [0.15, 0.2) is 43.0 Å². The van der Waals surface area contributed by atoms with Crippen LogP contribution in [0.4, 0.5) is 0 Å². The molecule has 0 aliphatic carbocycles. The number of aromatic nitrogens is 2. The molecule has 0 saturated carbocycles. The van der Waals surface area contributed by atoms with Crippen LogP contribution in [0.25, 0.3) is 0 Å². The van der Waals surface area contributed by atoms with Crippen LogP contribution in [0.1, 0.15) is 12.0 Å². The monoisotopic (exact) mass is 335 g/mol. The molecule has 1 N–H and O–H groups in total. The van der Waals surface area contributed by atoms with Crippen LogP contribution in [0.2, 0.25) is 0 Å². The Kier molecular flexibility index (Phi) is 4.97. The summed E-state index contributed by atoms with van der Waals surface area (Å²) >= 11 is 0. The molecule has 3 rings (SSSR count). The standard InChI is InChI=1S/C16H21N3O3S/c20-23(21)9-4-15(12-23)18-11-14-2-1-3-16(10-14)22-8-7-19-6-5-17-13-19/h1-3,5-6,10,13,15,18H,4,7-9,11-12H2. The van der Waals surface area contributed by atoms with Gasteiger partial charge in [-0.25, -0.2) is 13.4 Å². The Bertz CT molecular complexity index is 729. The molecule has 1 aromatic heterocycles. The summed E-state index contributed by atoms with van der Waals surface area (Å²) in [4.78, 5) is 3.99. The summed E-state index contributed by atoms with van der Waals surface area (Å²) in [5.41, 5.74) is 1.09. The quantitative estimate of drug-likeness (QED) is 0.824. The van der Waals surface area contributed by atoms with Gasteiger partial charge in [-0.1, -0.05) is 12.1 Å². The smallest absolute Gasteiger partial charge is 0.151 e. The molecule has 0 spiro atoms. The van der Waals surface area contributed by atoms with Crippen LogP contribution in [0.5, 0.6) is 5.75 Å². The van der Waals surface area contributed by atoms with E-state index in [9.17, 15) is 8.42 Å². The Morgan fingerprint density at radius 2 is 2.30 bits per heavy atom. The predicted molar refractivity (Wildman–Crippen MR) is 88.1 cm³/mol. The molecule has 2 heterocycles. The van der Waals surface area contributed by atoms with Crippen molar-refractivity contribution < 1.29 is 13.2 Å². The lowest BCUT2D eigenvalue weighted by molar-refractivity contribution is 0.298. The van der Waals surface area contributed by atoms with Crippen molar-refractivity contribution in [3.63, 3.8) is 0 Å². The third-order valence-corrected chi connectivity index (χ3v) is 5.67. The highest BCUT2D eigenvalue weighted by Crippen LogP contribution is 2.15. The molecule has 1 fully saturated rings. The largest absolute Gasteiger partial charge is 0.492 e. The van der Waals surface area contributed by atoms with E-state index >= 15 is 0 Å². The topological polar surface area (TPSA) is 73.2 Å². The molecule has 7 heteroatoms. The van der Waals surface area contributed by atoms with E-state index in [4.69, 9.17) is 4.74 Å². The highest BCUT2D eigenvalue weighted by Gasteiger charge is 2.27. The molecule has 0 amide bonds. The second-order valence-electron chi connectivity index (χ2n) is 5.78. The lowest BCUT2D eigenvalue weighted by Gasteiger charge is -2.12. The molecule has 0 radical (unpaired) electrons. The maximum Gasteiger partial charge on any atom is 0.151 e. The second-order valence-corrected chi connectivity index (χ2v) is 8.01. The molecular weight excluding hydrogens is 314 g/mol. The SMILES string of the molecule is O=S1(=O)CCC(NCc2cccc(OCCn3ccnc3)c2)C1. The number of rotatable bonds is 7. The fourth-order valence-corrected chi connectivity index (χ4v) is 4.36. The Balaban J connectivity index is 1.47. The number of benzene rings is 1. The summed E-state index contributed by atoms with van der Waals surface area (Å²) < 4.78 is 30.6. The van der Waals surface area contributed by atoms with Crippen molar-refractivity contribution in [3.8, 4) is 5.75 Å². The average molecular weight is 335 g/mol. The van der Waals surface area contributed by atoms with Crippen molar-refractivity contribution in [3.05, 3.63) is 48.5 Å². The van der Waals surface area contributed by atoms with Gasteiger partial charge in [0.05, 0.1) is 24.4 Å². The number of hydrogen-bond donors (Lipinski definition) is 1. The predicted octanol–water partition coefficient (Wildman–Crippen LogP) is 1.24. The van der Waals surface area contributed by atoms with Crippen LogP contribution in [-0.2, 0) is 22.9 Å². The third kappa shape index (κ3) is 4.80. The summed E-state index contributed by atoms with van der Waals surface area (Å²) in [5, 5.41) is 3.31. The van der Waals surface area contributed by atoms with Gasteiger partial charge in [0.2, 0.25) is 0 Å². The molecule has 6 nitrogen and oxygen atoms in total. The zero-order valence-corrected chi connectivity index (χ0v) is 13.7. The number of nitrogens with one attached hydrogen (secondary N) is 1. The fraction of sp³-hybridized carbons (Fsp3) is 0.438. The van der Waals surface area contributed by atoms with Gasteiger partial charge in [0, 0.05) is 25.0 Å². The Hall–Kier alpha value is -1.86. The summed E-state index contributed by atoms with van der Waals surface area (Å²) in [6.45, 7) is 1.98. The highest BCUT2D eigenvalue weighted by atomic mass is 32.2. The molecule has 1 unspecified atom stereocenters. The fourth-order valence-electron chi connectivity index (χ4n) is 2.65. The molecule has 124 valence electrons. The minimum absolute atomic E-state index is 0.0609. The van der Waals surface area contributed by atoms with Gasteiger partial charge in [-0.3, -0.25) is 0 Å². The summed E-state index contributed by atoms with van der Waals surface area (Å²) in [7, 11) is -2.84. The van der Waals surface area contributed by atoms with Gasteiger partial charge in [0.1, 0.15) is 12.4 Å². The van der Waals surface area contributed by atoms with Gasteiger partial charge >= 0.3 is 0 Å². The van der Waals surface area contributed by atoms with Crippen LogP contribution in [-0.4, -0.2) is 42.1 Å². The van der Waals surface area contributed by atoms with E-state index in [0.29, 0.717) is 25.3 Å². The summed E-state index contributed by atoms with van der Waals surface area (Å²) in [6.07, 6.45) is 6.11. The first-order valence-electron chi connectivity index (χ1n) is 7.72. The van der Waals surface area contributed by atoms with Crippen molar-refractivity contribution in [1.29, 1.82) is 0 Å². The number of nitrogens with zero attached hydrogens (tertiary/aromatic N) is 2. The molecule has 1 aliphatic heterocycles. The van der Waals surface area contributed by atoms with Crippen LogP contribution in [0, 0.1) is 0 Å². The molecule has 1 aromatic carbocycles. The first kappa shape index (κ1) is 16.0. The van der Waals surface area contributed by atoms with Crippen LogP contribution in [0.3, 0.4) is 0 Å². The minimum Gasteiger partial charge on any atom is -0.492 e. The van der Waals surface area contributed by atoms with Gasteiger partial charge in [0.25, 0.3) is 0 Å². The van der Waals surface area contributed by atoms with Crippen molar-refractivity contribution >= 4 is 9.84 Å². The number of hydrogen-bond acceptors (Lipinski definition) is 5. The molecule has 1 atom stereocenters. The van der Waals surface area contributed by atoms with E-state index in [1.165, 1.54) is 0 Å². The van der Waals surface area contributed by atoms with Crippen molar-refractivity contribution in [2.45, 2.75) is 25.6 Å². The van der Waals surface area contributed by atoms with Gasteiger partial charge in [-0.2, -0.15) is 0 Å². The maximum atomic E-state index is 11.5. The first-order chi connectivity index (χ1) is 11.1. The van der Waals surface area contributed by atoms with Gasteiger partial charge in [-0.15, -0.1) is 0 Å². The van der Waals surface area contributed by atoms with E-state index in [2.05, 4.69) is 10.3 Å². The molecule has 2 aromatic rings. The summed E-state index contributed by atoms with van der Waals surface area (Å²) in [5.74, 6) is 1.36. The number of imidazole rings is 1. The van der Waals surface area contributed by atoms with E-state index < -0.39 is 9.84 Å². The molecule has 0 bridgehead atoms. The third-order valence-electron chi connectivity index (χ3n) is 3.90. The maximum absolute atomic E-state index is 11.5. The van der Waals surface area contributed by atoms with Crippen LogP contribution >= 0.6 is 0 Å². The molecule has 23 heavy (non-hydrogen) atoms. The lowest BCUT2D eigenvalue weighted by atomic mass is 10.2. The summed E-state index contributed by atoms with van der Waals surface area (Å²) in [6, 6.07) is 7.95. The second kappa shape index (κ2) is 7.14.